The standard InChI is InChI=1S/C12H21BO2SSi/c1-12(2,3)17(4,5)16-11-8-6-7-10(9-11)13(14)15/h6-9,14-15H,1-5H3. The lowest BCUT2D eigenvalue weighted by Gasteiger charge is -2.36. The van der Waals surface area contributed by atoms with E-state index >= 15 is 0 Å². The first-order chi connectivity index (χ1) is 7.63. The van der Waals surface area contributed by atoms with Crippen LogP contribution >= 0.6 is 11.2 Å². The smallest absolute Gasteiger partial charge is 0.423 e. The van der Waals surface area contributed by atoms with Gasteiger partial charge in [-0.25, -0.2) is 0 Å². The zero-order valence-electron chi connectivity index (χ0n) is 11.2. The Bertz CT molecular complexity index is 388. The second kappa shape index (κ2) is 5.18. The topological polar surface area (TPSA) is 40.5 Å². The van der Waals surface area contributed by atoms with Gasteiger partial charge < -0.3 is 10.0 Å². The fourth-order valence-corrected chi connectivity index (χ4v) is 5.49. The van der Waals surface area contributed by atoms with Crippen LogP contribution in [0.2, 0.25) is 18.1 Å². The maximum absolute atomic E-state index is 9.16. The summed E-state index contributed by atoms with van der Waals surface area (Å²) in [5, 5.41) is 18.6. The van der Waals surface area contributed by atoms with Crippen LogP contribution in [0, 0.1) is 0 Å². The van der Waals surface area contributed by atoms with Crippen LogP contribution in [0.3, 0.4) is 0 Å². The van der Waals surface area contributed by atoms with E-state index in [4.69, 9.17) is 10.0 Å². The molecule has 0 atom stereocenters. The van der Waals surface area contributed by atoms with Crippen molar-refractivity contribution in [2.45, 2.75) is 43.8 Å². The summed E-state index contributed by atoms with van der Waals surface area (Å²) < 4.78 is 0. The minimum absolute atomic E-state index is 0.311. The van der Waals surface area contributed by atoms with Gasteiger partial charge in [-0.15, -0.1) is 0 Å². The van der Waals surface area contributed by atoms with Crippen LogP contribution in [0.4, 0.5) is 0 Å². The van der Waals surface area contributed by atoms with E-state index < -0.39 is 14.3 Å². The highest BCUT2D eigenvalue weighted by Gasteiger charge is 2.36. The van der Waals surface area contributed by atoms with E-state index in [1.807, 2.05) is 29.4 Å². The van der Waals surface area contributed by atoms with Gasteiger partial charge in [0.15, 0.2) is 0 Å². The van der Waals surface area contributed by atoms with E-state index in [-0.39, 0.29) is 0 Å². The van der Waals surface area contributed by atoms with Gasteiger partial charge in [-0.05, 0) is 22.6 Å². The second-order valence-corrected chi connectivity index (χ2v) is 14.7. The summed E-state index contributed by atoms with van der Waals surface area (Å²) in [6.07, 6.45) is 0. The number of hydrogen-bond donors (Lipinski definition) is 2. The molecule has 2 nitrogen and oxygen atoms in total. The average molecular weight is 268 g/mol. The summed E-state index contributed by atoms with van der Waals surface area (Å²) in [7, 11) is -2.83. The quantitative estimate of drug-likeness (QED) is 0.827. The molecular weight excluding hydrogens is 247 g/mol. The van der Waals surface area contributed by atoms with Crippen LogP contribution in [0.15, 0.2) is 29.2 Å². The lowest BCUT2D eigenvalue weighted by molar-refractivity contribution is 0.425. The van der Waals surface area contributed by atoms with Gasteiger partial charge in [0.25, 0.3) is 0 Å². The predicted octanol–water partition coefficient (Wildman–Crippen LogP) is 2.46. The van der Waals surface area contributed by atoms with Gasteiger partial charge in [0.1, 0.15) is 7.22 Å². The molecule has 5 heteroatoms. The molecule has 0 saturated heterocycles. The third-order valence-corrected chi connectivity index (χ3v) is 12.0. The van der Waals surface area contributed by atoms with Gasteiger partial charge in [0.2, 0.25) is 0 Å². The van der Waals surface area contributed by atoms with Crippen molar-refractivity contribution in [3.63, 3.8) is 0 Å². The van der Waals surface area contributed by atoms with Gasteiger partial charge >= 0.3 is 7.12 Å². The molecule has 0 radical (unpaired) electrons. The molecule has 0 aliphatic carbocycles. The van der Waals surface area contributed by atoms with E-state index in [1.165, 1.54) is 0 Å². The van der Waals surface area contributed by atoms with E-state index in [1.54, 1.807) is 6.07 Å². The Kier molecular flexibility index (Phi) is 4.52. The fraction of sp³-hybridized carbons (Fsp3) is 0.500. The molecule has 0 fully saturated rings. The first-order valence-corrected chi connectivity index (χ1v) is 10.3. The summed E-state index contributed by atoms with van der Waals surface area (Å²) in [5.74, 6) is 0. The molecule has 1 rings (SSSR count). The zero-order valence-corrected chi connectivity index (χ0v) is 13.0. The molecule has 0 heterocycles. The SMILES string of the molecule is CC(C)(C)[Si](C)(C)Sc1cccc(B(O)O)c1. The Balaban J connectivity index is 2.92. The fourth-order valence-electron chi connectivity index (χ4n) is 1.19. The molecule has 0 aliphatic rings. The maximum Gasteiger partial charge on any atom is 0.488 e. The van der Waals surface area contributed by atoms with Crippen molar-refractivity contribution in [2.24, 2.45) is 0 Å². The van der Waals surface area contributed by atoms with E-state index in [9.17, 15) is 0 Å². The normalized spacial score (nSPS) is 12.6. The van der Waals surface area contributed by atoms with E-state index in [2.05, 4.69) is 33.9 Å². The number of hydrogen-bond acceptors (Lipinski definition) is 3. The molecule has 0 saturated carbocycles. The van der Waals surface area contributed by atoms with Crippen LogP contribution in [0.25, 0.3) is 0 Å². The predicted molar refractivity (Wildman–Crippen MR) is 79.3 cm³/mol. The van der Waals surface area contributed by atoms with Gasteiger partial charge in [-0.3, -0.25) is 0 Å². The molecule has 2 N–H and O–H groups in total. The lowest BCUT2D eigenvalue weighted by atomic mass is 9.81. The summed E-state index contributed by atoms with van der Waals surface area (Å²) in [6.45, 7) is 11.5. The van der Waals surface area contributed by atoms with E-state index in [0.717, 1.165) is 4.90 Å². The van der Waals surface area contributed by atoms with Crippen molar-refractivity contribution in [1.82, 2.24) is 0 Å². The summed E-state index contributed by atoms with van der Waals surface area (Å²) in [4.78, 5) is 1.13. The molecule has 0 amide bonds. The Labute approximate surface area is 109 Å². The van der Waals surface area contributed by atoms with Crippen molar-refractivity contribution >= 4 is 31.0 Å². The van der Waals surface area contributed by atoms with Gasteiger partial charge in [-0.1, -0.05) is 46.0 Å². The zero-order chi connectivity index (χ0) is 13.3. The molecule has 0 bridgehead atoms. The molecule has 0 aliphatic heterocycles. The van der Waals surface area contributed by atoms with Crippen LogP contribution in [-0.2, 0) is 0 Å². The Morgan fingerprint density at radius 3 is 2.24 bits per heavy atom. The minimum Gasteiger partial charge on any atom is -0.423 e. The Morgan fingerprint density at radius 2 is 1.76 bits per heavy atom. The summed E-state index contributed by atoms with van der Waals surface area (Å²) >= 11 is 1.90. The Morgan fingerprint density at radius 1 is 1.18 bits per heavy atom. The Hall–Kier alpha value is -0.228. The molecule has 0 aromatic heterocycles. The van der Waals surface area contributed by atoms with Crippen LogP contribution in [-0.4, -0.2) is 24.4 Å². The van der Waals surface area contributed by atoms with Crippen LogP contribution in [0.5, 0.6) is 0 Å². The maximum atomic E-state index is 9.16. The van der Waals surface area contributed by atoms with E-state index in [0.29, 0.717) is 10.5 Å². The molecule has 0 unspecified atom stereocenters. The first kappa shape index (κ1) is 14.8. The lowest BCUT2D eigenvalue weighted by Crippen LogP contribution is -2.34. The summed E-state index contributed by atoms with van der Waals surface area (Å²) in [5.41, 5.74) is 0.564. The van der Waals surface area contributed by atoms with Crippen LogP contribution in [0.1, 0.15) is 20.8 Å². The second-order valence-electron chi connectivity index (χ2n) is 5.81. The third-order valence-electron chi connectivity index (χ3n) is 3.34. The molecule has 0 spiro atoms. The van der Waals surface area contributed by atoms with Gasteiger partial charge in [-0.2, -0.15) is 11.2 Å². The number of rotatable bonds is 3. The molecule has 1 aromatic rings. The molecular formula is C12H21BO2SSi. The first-order valence-electron chi connectivity index (χ1n) is 5.78. The largest absolute Gasteiger partial charge is 0.488 e. The minimum atomic E-state index is -1.45. The van der Waals surface area contributed by atoms with Crippen molar-refractivity contribution in [1.29, 1.82) is 0 Å². The summed E-state index contributed by atoms with van der Waals surface area (Å²) in [6, 6.07) is 7.53. The van der Waals surface area contributed by atoms with Crippen molar-refractivity contribution in [3.05, 3.63) is 24.3 Å². The van der Waals surface area contributed by atoms with Crippen LogP contribution < -0.4 is 5.46 Å². The monoisotopic (exact) mass is 268 g/mol. The van der Waals surface area contributed by atoms with Gasteiger partial charge in [0.05, 0.1) is 0 Å². The van der Waals surface area contributed by atoms with Crippen molar-refractivity contribution < 1.29 is 10.0 Å². The molecule has 94 valence electrons. The highest BCUT2D eigenvalue weighted by molar-refractivity contribution is 8.29. The van der Waals surface area contributed by atoms with Gasteiger partial charge in [0, 0.05) is 4.90 Å². The molecule has 1 aromatic carbocycles. The number of benzene rings is 1. The highest BCUT2D eigenvalue weighted by atomic mass is 32.4. The molecule has 17 heavy (non-hydrogen) atoms. The average Bonchev–Trinajstić information content (AvgIpc) is 2.15. The third kappa shape index (κ3) is 3.88. The van der Waals surface area contributed by atoms with Crippen molar-refractivity contribution in [2.75, 3.05) is 0 Å². The highest BCUT2D eigenvalue weighted by Crippen LogP contribution is 2.46. The van der Waals surface area contributed by atoms with Crippen molar-refractivity contribution in [3.8, 4) is 0 Å².